The predicted molar refractivity (Wildman–Crippen MR) is 73.9 cm³/mol. The fraction of sp³-hybridized carbons (Fsp3) is 0.417. The number of benzene rings is 1. The van der Waals surface area contributed by atoms with Gasteiger partial charge in [-0.15, -0.1) is 5.10 Å². The van der Waals surface area contributed by atoms with Crippen molar-refractivity contribution in [2.75, 3.05) is 19.5 Å². The summed E-state index contributed by atoms with van der Waals surface area (Å²) in [5.41, 5.74) is 7.29. The van der Waals surface area contributed by atoms with Gasteiger partial charge in [0, 0.05) is 30.0 Å². The summed E-state index contributed by atoms with van der Waals surface area (Å²) >= 11 is 6.00. The number of rotatable bonds is 5. The minimum Gasteiger partial charge on any atom is -0.398 e. The number of halogens is 1. The number of methoxy groups -OCH3 is 1. The molecule has 102 valence electrons. The number of nitrogens with zero attached hydrogens (tertiary/aromatic N) is 4. The van der Waals surface area contributed by atoms with Crippen LogP contribution < -0.4 is 5.73 Å². The standard InChI is InChI=1S/C12H16ClN5O/c1-8(5-6-19-2)18-12(15-16-17-18)10-7-9(13)3-4-11(10)14/h3-4,7-8H,5-6,14H2,1-2H3. The van der Waals surface area contributed by atoms with E-state index in [9.17, 15) is 0 Å². The molecule has 1 heterocycles. The van der Waals surface area contributed by atoms with E-state index < -0.39 is 0 Å². The first-order valence-corrected chi connectivity index (χ1v) is 6.33. The van der Waals surface area contributed by atoms with Gasteiger partial charge in [-0.2, -0.15) is 0 Å². The summed E-state index contributed by atoms with van der Waals surface area (Å²) in [6.07, 6.45) is 0.814. The Morgan fingerprint density at radius 3 is 3.00 bits per heavy atom. The van der Waals surface area contributed by atoms with Crippen molar-refractivity contribution in [3.05, 3.63) is 23.2 Å². The molecule has 0 amide bonds. The van der Waals surface area contributed by atoms with Crippen LogP contribution in [-0.2, 0) is 4.74 Å². The molecule has 1 unspecified atom stereocenters. The molecule has 0 aliphatic rings. The molecule has 0 saturated heterocycles. The van der Waals surface area contributed by atoms with Crippen LogP contribution in [0.2, 0.25) is 5.02 Å². The monoisotopic (exact) mass is 281 g/mol. The number of hydrogen-bond acceptors (Lipinski definition) is 5. The van der Waals surface area contributed by atoms with Crippen LogP contribution in [0.4, 0.5) is 5.69 Å². The highest BCUT2D eigenvalue weighted by atomic mass is 35.5. The molecule has 0 spiro atoms. The van der Waals surface area contributed by atoms with Gasteiger partial charge in [0.25, 0.3) is 0 Å². The number of anilines is 1. The van der Waals surface area contributed by atoms with E-state index in [1.54, 1.807) is 30.0 Å². The summed E-state index contributed by atoms with van der Waals surface area (Å²) in [5, 5.41) is 12.4. The van der Waals surface area contributed by atoms with E-state index in [1.807, 2.05) is 6.92 Å². The van der Waals surface area contributed by atoms with Gasteiger partial charge >= 0.3 is 0 Å². The molecule has 1 aromatic heterocycles. The third-order valence-corrected chi connectivity index (χ3v) is 3.14. The van der Waals surface area contributed by atoms with Gasteiger partial charge in [0.1, 0.15) is 0 Å². The Morgan fingerprint density at radius 2 is 2.26 bits per heavy atom. The number of ether oxygens (including phenoxy) is 1. The van der Waals surface area contributed by atoms with Gasteiger partial charge in [-0.05, 0) is 42.0 Å². The number of aromatic nitrogens is 4. The SMILES string of the molecule is COCCC(C)n1nnnc1-c1cc(Cl)ccc1N. The van der Waals surface area contributed by atoms with Crippen molar-refractivity contribution in [1.29, 1.82) is 0 Å². The molecule has 0 radical (unpaired) electrons. The quantitative estimate of drug-likeness (QED) is 0.850. The largest absolute Gasteiger partial charge is 0.398 e. The molecular weight excluding hydrogens is 266 g/mol. The van der Waals surface area contributed by atoms with Crippen LogP contribution in [0.3, 0.4) is 0 Å². The second-order valence-electron chi connectivity index (χ2n) is 4.31. The lowest BCUT2D eigenvalue weighted by atomic mass is 10.1. The summed E-state index contributed by atoms with van der Waals surface area (Å²) in [6.45, 7) is 2.67. The number of nitrogens with two attached hydrogens (primary N) is 1. The maximum atomic E-state index is 6.00. The molecule has 2 N–H and O–H groups in total. The van der Waals surface area contributed by atoms with E-state index in [4.69, 9.17) is 22.1 Å². The molecule has 0 fully saturated rings. The summed E-state index contributed by atoms with van der Waals surface area (Å²) in [4.78, 5) is 0. The topological polar surface area (TPSA) is 78.8 Å². The van der Waals surface area contributed by atoms with E-state index >= 15 is 0 Å². The fourth-order valence-corrected chi connectivity index (χ4v) is 1.97. The molecule has 19 heavy (non-hydrogen) atoms. The number of nitrogen functional groups attached to an aromatic ring is 1. The molecule has 6 nitrogen and oxygen atoms in total. The Hall–Kier alpha value is -1.66. The maximum Gasteiger partial charge on any atom is 0.184 e. The summed E-state index contributed by atoms with van der Waals surface area (Å²) in [6, 6.07) is 5.37. The Morgan fingerprint density at radius 1 is 1.47 bits per heavy atom. The molecule has 2 rings (SSSR count). The Bertz CT molecular complexity index is 557. The highest BCUT2D eigenvalue weighted by Crippen LogP contribution is 2.28. The van der Waals surface area contributed by atoms with Crippen molar-refractivity contribution in [1.82, 2.24) is 20.2 Å². The second-order valence-corrected chi connectivity index (χ2v) is 4.75. The zero-order chi connectivity index (χ0) is 13.8. The summed E-state index contributed by atoms with van der Waals surface area (Å²) in [7, 11) is 1.67. The van der Waals surface area contributed by atoms with E-state index in [0.717, 1.165) is 12.0 Å². The first-order valence-electron chi connectivity index (χ1n) is 5.95. The number of tetrazole rings is 1. The lowest BCUT2D eigenvalue weighted by Crippen LogP contribution is -2.11. The lowest BCUT2D eigenvalue weighted by molar-refractivity contribution is 0.178. The Labute approximate surface area is 116 Å². The van der Waals surface area contributed by atoms with Crippen molar-refractivity contribution >= 4 is 17.3 Å². The minimum absolute atomic E-state index is 0.114. The molecule has 1 aromatic carbocycles. The highest BCUT2D eigenvalue weighted by molar-refractivity contribution is 6.31. The lowest BCUT2D eigenvalue weighted by Gasteiger charge is -2.13. The third kappa shape index (κ3) is 3.02. The molecule has 2 aromatic rings. The van der Waals surface area contributed by atoms with E-state index in [1.165, 1.54) is 0 Å². The van der Waals surface area contributed by atoms with Crippen molar-refractivity contribution in [2.45, 2.75) is 19.4 Å². The molecular formula is C12H16ClN5O. The van der Waals surface area contributed by atoms with Gasteiger partial charge in [-0.1, -0.05) is 11.6 Å². The van der Waals surface area contributed by atoms with Crippen LogP contribution in [0.15, 0.2) is 18.2 Å². The van der Waals surface area contributed by atoms with Gasteiger partial charge in [0.2, 0.25) is 0 Å². The van der Waals surface area contributed by atoms with Crippen molar-refractivity contribution in [3.8, 4) is 11.4 Å². The Balaban J connectivity index is 2.35. The predicted octanol–water partition coefficient (Wildman–Crippen LogP) is 2.17. The average molecular weight is 282 g/mol. The van der Waals surface area contributed by atoms with Crippen LogP contribution in [0.25, 0.3) is 11.4 Å². The van der Waals surface area contributed by atoms with Crippen molar-refractivity contribution in [3.63, 3.8) is 0 Å². The summed E-state index contributed by atoms with van der Waals surface area (Å²) < 4.78 is 6.81. The smallest absolute Gasteiger partial charge is 0.184 e. The van der Waals surface area contributed by atoms with Crippen LogP contribution in [-0.4, -0.2) is 33.9 Å². The van der Waals surface area contributed by atoms with Crippen molar-refractivity contribution < 1.29 is 4.74 Å². The fourth-order valence-electron chi connectivity index (χ4n) is 1.80. The second kappa shape index (κ2) is 5.99. The molecule has 0 aliphatic heterocycles. The summed E-state index contributed by atoms with van der Waals surface area (Å²) in [5.74, 6) is 0.614. The van der Waals surface area contributed by atoms with Crippen LogP contribution in [0.1, 0.15) is 19.4 Å². The van der Waals surface area contributed by atoms with E-state index in [-0.39, 0.29) is 6.04 Å². The molecule has 7 heteroatoms. The van der Waals surface area contributed by atoms with Crippen molar-refractivity contribution in [2.24, 2.45) is 0 Å². The van der Waals surface area contributed by atoms with Gasteiger partial charge in [0.15, 0.2) is 5.82 Å². The molecule has 0 saturated carbocycles. The van der Waals surface area contributed by atoms with E-state index in [0.29, 0.717) is 23.1 Å². The first-order chi connectivity index (χ1) is 9.13. The first kappa shape index (κ1) is 13.8. The maximum absolute atomic E-state index is 6.00. The van der Waals surface area contributed by atoms with E-state index in [2.05, 4.69) is 15.5 Å². The molecule has 0 aliphatic carbocycles. The molecule has 1 atom stereocenters. The Kier molecular flexibility index (Phi) is 4.34. The highest BCUT2D eigenvalue weighted by Gasteiger charge is 2.16. The van der Waals surface area contributed by atoms with Gasteiger partial charge in [-0.25, -0.2) is 4.68 Å². The normalized spacial score (nSPS) is 12.6. The van der Waals surface area contributed by atoms with Crippen LogP contribution >= 0.6 is 11.6 Å². The zero-order valence-electron chi connectivity index (χ0n) is 10.9. The van der Waals surface area contributed by atoms with Gasteiger partial charge < -0.3 is 10.5 Å². The molecule has 0 bridgehead atoms. The number of hydrogen-bond donors (Lipinski definition) is 1. The van der Waals surface area contributed by atoms with Crippen LogP contribution in [0, 0.1) is 0 Å². The third-order valence-electron chi connectivity index (χ3n) is 2.91. The van der Waals surface area contributed by atoms with Crippen LogP contribution in [0.5, 0.6) is 0 Å². The van der Waals surface area contributed by atoms with Gasteiger partial charge in [-0.3, -0.25) is 0 Å². The minimum atomic E-state index is 0.114. The zero-order valence-corrected chi connectivity index (χ0v) is 11.6. The average Bonchev–Trinajstić information content (AvgIpc) is 2.88. The van der Waals surface area contributed by atoms with Gasteiger partial charge in [0.05, 0.1) is 6.04 Å².